The number of ketones is 1. The van der Waals surface area contributed by atoms with E-state index in [9.17, 15) is 9.59 Å². The summed E-state index contributed by atoms with van der Waals surface area (Å²) < 4.78 is 2.58. The van der Waals surface area contributed by atoms with E-state index >= 15 is 0 Å². The summed E-state index contributed by atoms with van der Waals surface area (Å²) in [7, 11) is 0. The topological polar surface area (TPSA) is 68.1 Å². The summed E-state index contributed by atoms with van der Waals surface area (Å²) in [6.07, 6.45) is 0. The lowest BCUT2D eigenvalue weighted by atomic mass is 10.1. The Morgan fingerprint density at radius 3 is 2.21 bits per heavy atom. The third-order valence-corrected chi connectivity index (χ3v) is 5.85. The van der Waals surface area contributed by atoms with E-state index in [-0.39, 0.29) is 11.7 Å². The molecule has 8 heteroatoms. The van der Waals surface area contributed by atoms with Crippen LogP contribution in [-0.4, -0.2) is 26.6 Å². The molecule has 2 aromatic carbocycles. The number of nitrogens with zero attached hydrogens (tertiary/aromatic N) is 4. The van der Waals surface area contributed by atoms with Crippen molar-refractivity contribution in [3.8, 4) is 11.4 Å². The number of carbonyl (C=O) groups excluding carboxylic acids is 2. The molecule has 0 atom stereocenters. The molecule has 3 aromatic rings. The fourth-order valence-electron chi connectivity index (χ4n) is 3.01. The van der Waals surface area contributed by atoms with E-state index in [0.29, 0.717) is 21.6 Å². The van der Waals surface area contributed by atoms with Gasteiger partial charge in [-0.15, -0.1) is 10.2 Å². The number of benzene rings is 2. The van der Waals surface area contributed by atoms with Crippen molar-refractivity contribution in [2.75, 3.05) is 5.01 Å². The highest BCUT2D eigenvalue weighted by Gasteiger charge is 2.35. The van der Waals surface area contributed by atoms with Gasteiger partial charge in [-0.25, -0.2) is 5.01 Å². The minimum atomic E-state index is -0.241. The zero-order valence-corrected chi connectivity index (χ0v) is 17.5. The fraction of sp³-hybridized carbons (Fsp3) is 0.100. The van der Waals surface area contributed by atoms with Crippen LogP contribution in [0.3, 0.4) is 0 Å². The van der Waals surface area contributed by atoms with Crippen molar-refractivity contribution < 1.29 is 9.59 Å². The van der Waals surface area contributed by atoms with Crippen molar-refractivity contribution in [3.05, 3.63) is 69.5 Å². The number of Topliss-reactive ketones (excluding diaryl/α,β-unsaturated/α-hetero) is 1. The Bertz CT molecular complexity index is 1110. The Morgan fingerprint density at radius 1 is 0.929 bits per heavy atom. The lowest BCUT2D eigenvalue weighted by molar-refractivity contribution is -0.117. The Morgan fingerprint density at radius 2 is 1.61 bits per heavy atom. The Labute approximate surface area is 174 Å². The van der Waals surface area contributed by atoms with Crippen LogP contribution in [0.2, 0.25) is 0 Å². The smallest absolute Gasteiger partial charge is 0.243 e. The molecule has 0 spiro atoms. The highest BCUT2D eigenvalue weighted by molar-refractivity contribution is 9.10. The SMILES string of the molecule is CC(=O)C1=C(c2ccc(Br)cc2)N(C(C)=O)n2c(nnc2-c2ccccc2)S1. The zero-order chi connectivity index (χ0) is 19.8. The normalized spacial score (nSPS) is 13.5. The summed E-state index contributed by atoms with van der Waals surface area (Å²) in [5.41, 5.74) is 2.12. The molecule has 0 saturated heterocycles. The minimum Gasteiger partial charge on any atom is -0.294 e. The molecule has 0 N–H and O–H groups in total. The maximum absolute atomic E-state index is 12.7. The lowest BCUT2D eigenvalue weighted by Gasteiger charge is -2.32. The van der Waals surface area contributed by atoms with E-state index < -0.39 is 0 Å². The van der Waals surface area contributed by atoms with Crippen molar-refractivity contribution >= 4 is 45.1 Å². The highest BCUT2D eigenvalue weighted by atomic mass is 79.9. The molecule has 1 aliphatic rings. The van der Waals surface area contributed by atoms with Gasteiger partial charge >= 0.3 is 0 Å². The molecule has 1 amide bonds. The Hall–Kier alpha value is -2.71. The van der Waals surface area contributed by atoms with E-state index in [1.165, 1.54) is 30.6 Å². The molecule has 1 aliphatic heterocycles. The monoisotopic (exact) mass is 454 g/mol. The van der Waals surface area contributed by atoms with Gasteiger partial charge in [0.2, 0.25) is 11.1 Å². The predicted molar refractivity (Wildman–Crippen MR) is 112 cm³/mol. The second kappa shape index (κ2) is 7.37. The van der Waals surface area contributed by atoms with Crippen molar-refractivity contribution in [3.63, 3.8) is 0 Å². The molecule has 0 unspecified atom stereocenters. The van der Waals surface area contributed by atoms with Gasteiger partial charge in [-0.2, -0.15) is 4.68 Å². The predicted octanol–water partition coefficient (Wildman–Crippen LogP) is 4.26. The first kappa shape index (κ1) is 18.6. The average Bonchev–Trinajstić information content (AvgIpc) is 3.11. The number of thioether (sulfide) groups is 1. The van der Waals surface area contributed by atoms with Crippen LogP contribution < -0.4 is 5.01 Å². The van der Waals surface area contributed by atoms with Gasteiger partial charge in [0.25, 0.3) is 0 Å². The summed E-state index contributed by atoms with van der Waals surface area (Å²) in [6, 6.07) is 17.0. The molecular weight excluding hydrogens is 440 g/mol. The van der Waals surface area contributed by atoms with Crippen LogP contribution in [0.1, 0.15) is 19.4 Å². The maximum Gasteiger partial charge on any atom is 0.243 e. The molecule has 0 fully saturated rings. The molecule has 28 heavy (non-hydrogen) atoms. The standard InChI is InChI=1S/C20H15BrN4O2S/c1-12(26)18-17(14-8-10-16(21)11-9-14)24(13(2)27)25-19(22-23-20(25)28-18)15-6-4-3-5-7-15/h3-11H,1-2H3. The van der Waals surface area contributed by atoms with Crippen molar-refractivity contribution in [2.24, 2.45) is 0 Å². The molecule has 0 saturated carbocycles. The lowest BCUT2D eigenvalue weighted by Crippen LogP contribution is -2.41. The van der Waals surface area contributed by atoms with E-state index in [1.807, 2.05) is 54.6 Å². The van der Waals surface area contributed by atoms with E-state index in [2.05, 4.69) is 26.1 Å². The van der Waals surface area contributed by atoms with Crippen LogP contribution in [-0.2, 0) is 9.59 Å². The number of aromatic nitrogens is 3. The van der Waals surface area contributed by atoms with Crippen molar-refractivity contribution in [1.29, 1.82) is 0 Å². The molecule has 0 bridgehead atoms. The first-order valence-electron chi connectivity index (χ1n) is 8.48. The molecular formula is C20H15BrN4O2S. The van der Waals surface area contributed by atoms with Crippen LogP contribution in [0.4, 0.5) is 0 Å². The second-order valence-electron chi connectivity index (χ2n) is 6.16. The van der Waals surface area contributed by atoms with E-state index in [0.717, 1.165) is 15.6 Å². The number of hydrogen-bond donors (Lipinski definition) is 0. The van der Waals surface area contributed by atoms with Crippen LogP contribution in [0.25, 0.3) is 17.1 Å². The van der Waals surface area contributed by atoms with Crippen molar-refractivity contribution in [1.82, 2.24) is 14.9 Å². The number of amides is 1. The largest absolute Gasteiger partial charge is 0.294 e. The van der Waals surface area contributed by atoms with E-state index in [1.54, 1.807) is 4.68 Å². The molecule has 0 aliphatic carbocycles. The molecule has 1 aromatic heterocycles. The number of allylic oxidation sites excluding steroid dienone is 1. The Kier molecular flexibility index (Phi) is 4.91. The zero-order valence-electron chi connectivity index (χ0n) is 15.1. The Balaban J connectivity index is 1.97. The quantitative estimate of drug-likeness (QED) is 0.591. The summed E-state index contributed by atoms with van der Waals surface area (Å²) in [5, 5.41) is 10.5. The summed E-state index contributed by atoms with van der Waals surface area (Å²) in [5.74, 6) is 0.162. The second-order valence-corrected chi connectivity index (χ2v) is 8.05. The molecule has 2 heterocycles. The third kappa shape index (κ3) is 3.18. The highest BCUT2D eigenvalue weighted by Crippen LogP contribution is 2.41. The third-order valence-electron chi connectivity index (χ3n) is 4.20. The van der Waals surface area contributed by atoms with E-state index in [4.69, 9.17) is 0 Å². The van der Waals surface area contributed by atoms with Gasteiger partial charge in [0.05, 0.1) is 10.6 Å². The van der Waals surface area contributed by atoms with Gasteiger partial charge in [0.1, 0.15) is 0 Å². The van der Waals surface area contributed by atoms with Crippen LogP contribution >= 0.6 is 27.7 Å². The van der Waals surface area contributed by atoms with Crippen LogP contribution in [0.15, 0.2) is 69.1 Å². The first-order valence-corrected chi connectivity index (χ1v) is 10.1. The summed E-state index contributed by atoms with van der Waals surface area (Å²) in [6.45, 7) is 2.95. The number of carbonyl (C=O) groups is 2. The summed E-state index contributed by atoms with van der Waals surface area (Å²) in [4.78, 5) is 25.6. The van der Waals surface area contributed by atoms with Gasteiger partial charge in [0, 0.05) is 22.5 Å². The maximum atomic E-state index is 12.7. The van der Waals surface area contributed by atoms with Gasteiger partial charge in [-0.3, -0.25) is 9.59 Å². The molecule has 0 radical (unpaired) electrons. The van der Waals surface area contributed by atoms with Gasteiger partial charge in [-0.1, -0.05) is 58.4 Å². The average molecular weight is 455 g/mol. The first-order chi connectivity index (χ1) is 13.5. The van der Waals surface area contributed by atoms with Gasteiger partial charge < -0.3 is 0 Å². The number of hydrogen-bond acceptors (Lipinski definition) is 5. The molecule has 6 nitrogen and oxygen atoms in total. The number of fused-ring (bicyclic) bond motifs is 1. The number of rotatable bonds is 3. The molecule has 140 valence electrons. The number of halogens is 1. The van der Waals surface area contributed by atoms with Crippen LogP contribution in [0.5, 0.6) is 0 Å². The summed E-state index contributed by atoms with van der Waals surface area (Å²) >= 11 is 4.65. The van der Waals surface area contributed by atoms with Gasteiger partial charge in [0.15, 0.2) is 11.6 Å². The van der Waals surface area contributed by atoms with Crippen LogP contribution in [0, 0.1) is 0 Å². The fourth-order valence-corrected chi connectivity index (χ4v) is 4.24. The minimum absolute atomic E-state index is 0.135. The van der Waals surface area contributed by atoms with Crippen molar-refractivity contribution in [2.45, 2.75) is 19.0 Å². The van der Waals surface area contributed by atoms with Gasteiger partial charge in [-0.05, 0) is 30.8 Å². The molecule has 4 rings (SSSR count).